The first-order valence-electron chi connectivity index (χ1n) is 9.54. The number of piperidine rings is 1. The van der Waals surface area contributed by atoms with Crippen LogP contribution in [0.3, 0.4) is 0 Å². The Morgan fingerprint density at radius 1 is 1.19 bits per heavy atom. The molecule has 0 bridgehead atoms. The molecule has 3 rings (SSSR count). The van der Waals surface area contributed by atoms with Crippen LogP contribution in [0.2, 0.25) is 0 Å². The fourth-order valence-corrected chi connectivity index (χ4v) is 3.91. The molecule has 5 heteroatoms. The molecule has 1 heterocycles. The van der Waals surface area contributed by atoms with Crippen LogP contribution < -0.4 is 0 Å². The lowest BCUT2D eigenvalue weighted by molar-refractivity contribution is -0.137. The molecule has 1 aromatic carbocycles. The molecule has 1 saturated carbocycles. The van der Waals surface area contributed by atoms with Gasteiger partial charge in [-0.25, -0.2) is 0 Å². The number of rotatable bonds is 5. The van der Waals surface area contributed by atoms with Crippen molar-refractivity contribution in [2.45, 2.75) is 52.0 Å². The van der Waals surface area contributed by atoms with Gasteiger partial charge < -0.3 is 9.80 Å². The van der Waals surface area contributed by atoms with Crippen molar-refractivity contribution in [3.8, 4) is 6.07 Å². The normalized spacial score (nSPS) is 19.7. The SMILES string of the molecule is Cc1cc(C)cc(C(=O)N2CCC[C@@H](C(=O)N(CCC#N)C3CC3)C2)c1. The summed E-state index contributed by atoms with van der Waals surface area (Å²) in [5.41, 5.74) is 2.86. The van der Waals surface area contributed by atoms with Gasteiger partial charge in [0.15, 0.2) is 0 Å². The maximum atomic E-state index is 13.0. The highest BCUT2D eigenvalue weighted by atomic mass is 16.2. The van der Waals surface area contributed by atoms with E-state index in [0.29, 0.717) is 37.7 Å². The summed E-state index contributed by atoms with van der Waals surface area (Å²) in [6, 6.07) is 8.35. The summed E-state index contributed by atoms with van der Waals surface area (Å²) >= 11 is 0. The van der Waals surface area contributed by atoms with Crippen molar-refractivity contribution in [1.29, 1.82) is 5.26 Å². The highest BCUT2D eigenvalue weighted by molar-refractivity contribution is 5.95. The summed E-state index contributed by atoms with van der Waals surface area (Å²) in [5.74, 6) is 0.00266. The van der Waals surface area contributed by atoms with Gasteiger partial charge in [0.25, 0.3) is 5.91 Å². The van der Waals surface area contributed by atoms with Crippen molar-refractivity contribution in [2.24, 2.45) is 5.92 Å². The minimum atomic E-state index is -0.141. The standard InChI is InChI=1S/C21H27N3O2/c1-15-11-16(2)13-18(12-15)20(25)23-9-3-5-17(14-23)21(26)24(10-4-8-22)19-6-7-19/h11-13,17,19H,3-7,9-10,14H2,1-2H3/t17-/m1/s1. The number of nitriles is 1. The maximum Gasteiger partial charge on any atom is 0.253 e. The van der Waals surface area contributed by atoms with Crippen LogP contribution in [0.1, 0.15) is 53.6 Å². The van der Waals surface area contributed by atoms with Crippen molar-refractivity contribution in [2.75, 3.05) is 19.6 Å². The monoisotopic (exact) mass is 353 g/mol. The molecule has 2 aliphatic rings. The third-order valence-electron chi connectivity index (χ3n) is 5.26. The molecule has 0 spiro atoms. The van der Waals surface area contributed by atoms with E-state index in [1.54, 1.807) is 0 Å². The Balaban J connectivity index is 1.69. The second-order valence-electron chi connectivity index (χ2n) is 7.64. The number of carbonyl (C=O) groups excluding carboxylic acids is 2. The van der Waals surface area contributed by atoms with E-state index in [4.69, 9.17) is 5.26 Å². The van der Waals surface area contributed by atoms with Crippen LogP contribution in [-0.4, -0.2) is 47.3 Å². The lowest BCUT2D eigenvalue weighted by atomic mass is 9.95. The lowest BCUT2D eigenvalue weighted by Gasteiger charge is -2.35. The van der Waals surface area contributed by atoms with Gasteiger partial charge in [-0.3, -0.25) is 9.59 Å². The van der Waals surface area contributed by atoms with E-state index in [-0.39, 0.29) is 17.7 Å². The average molecular weight is 353 g/mol. The summed E-state index contributed by atoms with van der Waals surface area (Å²) in [4.78, 5) is 29.6. The number of nitrogens with zero attached hydrogens (tertiary/aromatic N) is 3. The number of hydrogen-bond donors (Lipinski definition) is 0. The fourth-order valence-electron chi connectivity index (χ4n) is 3.91. The van der Waals surface area contributed by atoms with Crippen LogP contribution >= 0.6 is 0 Å². The molecule has 1 atom stereocenters. The lowest BCUT2D eigenvalue weighted by Crippen LogP contribution is -2.47. The molecule has 138 valence electrons. The number of benzene rings is 1. The zero-order valence-corrected chi connectivity index (χ0v) is 15.7. The van der Waals surface area contributed by atoms with E-state index in [1.165, 1.54) is 0 Å². The summed E-state index contributed by atoms with van der Waals surface area (Å²) in [6.45, 7) is 5.70. The fraction of sp³-hybridized carbons (Fsp3) is 0.571. The predicted octanol–water partition coefficient (Wildman–Crippen LogP) is 3.06. The van der Waals surface area contributed by atoms with Crippen LogP contribution in [0.4, 0.5) is 0 Å². The molecule has 0 unspecified atom stereocenters. The minimum Gasteiger partial charge on any atom is -0.338 e. The molecule has 1 aliphatic heterocycles. The predicted molar refractivity (Wildman–Crippen MR) is 99.5 cm³/mol. The van der Waals surface area contributed by atoms with Gasteiger partial charge in [0.1, 0.15) is 0 Å². The van der Waals surface area contributed by atoms with Crippen molar-refractivity contribution >= 4 is 11.8 Å². The topological polar surface area (TPSA) is 64.4 Å². The molecule has 1 aromatic rings. The van der Waals surface area contributed by atoms with E-state index < -0.39 is 0 Å². The number of carbonyl (C=O) groups is 2. The summed E-state index contributed by atoms with van der Waals surface area (Å²) in [6.07, 6.45) is 4.12. The molecular formula is C21H27N3O2. The minimum absolute atomic E-state index is 0.0179. The number of hydrogen-bond acceptors (Lipinski definition) is 3. The van der Waals surface area contributed by atoms with E-state index in [1.807, 2.05) is 35.8 Å². The van der Waals surface area contributed by atoms with Crippen LogP contribution in [0.15, 0.2) is 18.2 Å². The number of likely N-dealkylation sites (tertiary alicyclic amines) is 1. The first-order valence-corrected chi connectivity index (χ1v) is 9.54. The van der Waals surface area contributed by atoms with Crippen molar-refractivity contribution in [3.63, 3.8) is 0 Å². The summed E-state index contributed by atoms with van der Waals surface area (Å²) in [5, 5.41) is 8.85. The molecule has 26 heavy (non-hydrogen) atoms. The Kier molecular flexibility index (Phi) is 5.61. The quantitative estimate of drug-likeness (QED) is 0.817. The molecule has 5 nitrogen and oxygen atoms in total. The Labute approximate surface area is 155 Å². The second kappa shape index (κ2) is 7.90. The Morgan fingerprint density at radius 3 is 2.50 bits per heavy atom. The van der Waals surface area contributed by atoms with Crippen molar-refractivity contribution < 1.29 is 9.59 Å². The van der Waals surface area contributed by atoms with Gasteiger partial charge in [0, 0.05) is 31.2 Å². The van der Waals surface area contributed by atoms with E-state index >= 15 is 0 Å². The Bertz CT molecular complexity index is 713. The van der Waals surface area contributed by atoms with Gasteiger partial charge in [-0.05, 0) is 51.7 Å². The molecule has 2 fully saturated rings. The largest absolute Gasteiger partial charge is 0.338 e. The van der Waals surface area contributed by atoms with Crippen molar-refractivity contribution in [1.82, 2.24) is 9.80 Å². The van der Waals surface area contributed by atoms with Gasteiger partial charge in [0.2, 0.25) is 5.91 Å². The molecule has 1 saturated heterocycles. The highest BCUT2D eigenvalue weighted by Crippen LogP contribution is 2.30. The maximum absolute atomic E-state index is 13.0. The van der Waals surface area contributed by atoms with Gasteiger partial charge in [-0.15, -0.1) is 0 Å². The van der Waals surface area contributed by atoms with Crippen LogP contribution in [0.25, 0.3) is 0 Å². The van der Waals surface area contributed by atoms with E-state index in [2.05, 4.69) is 12.1 Å². The van der Waals surface area contributed by atoms with E-state index in [0.717, 1.165) is 36.8 Å². The smallest absolute Gasteiger partial charge is 0.253 e. The van der Waals surface area contributed by atoms with Crippen LogP contribution in [0, 0.1) is 31.1 Å². The van der Waals surface area contributed by atoms with Crippen molar-refractivity contribution in [3.05, 3.63) is 34.9 Å². The van der Waals surface area contributed by atoms with Gasteiger partial charge in [0.05, 0.1) is 18.4 Å². The Morgan fingerprint density at radius 2 is 1.88 bits per heavy atom. The summed E-state index contributed by atoms with van der Waals surface area (Å²) in [7, 11) is 0. The molecule has 0 aromatic heterocycles. The second-order valence-corrected chi connectivity index (χ2v) is 7.64. The number of amides is 2. The summed E-state index contributed by atoms with van der Waals surface area (Å²) < 4.78 is 0. The molecule has 0 N–H and O–H groups in total. The zero-order chi connectivity index (χ0) is 18.7. The van der Waals surface area contributed by atoms with Crippen LogP contribution in [0.5, 0.6) is 0 Å². The number of aryl methyl sites for hydroxylation is 2. The first kappa shape index (κ1) is 18.4. The first-order chi connectivity index (χ1) is 12.5. The third kappa shape index (κ3) is 4.24. The third-order valence-corrected chi connectivity index (χ3v) is 5.26. The molecule has 0 radical (unpaired) electrons. The zero-order valence-electron chi connectivity index (χ0n) is 15.7. The average Bonchev–Trinajstić information content (AvgIpc) is 3.45. The molecular weight excluding hydrogens is 326 g/mol. The molecule has 1 aliphatic carbocycles. The van der Waals surface area contributed by atoms with Gasteiger partial charge >= 0.3 is 0 Å². The van der Waals surface area contributed by atoms with Gasteiger partial charge in [-0.1, -0.05) is 17.2 Å². The highest BCUT2D eigenvalue weighted by Gasteiger charge is 2.37. The van der Waals surface area contributed by atoms with Crippen LogP contribution in [-0.2, 0) is 4.79 Å². The Hall–Kier alpha value is -2.35. The molecule has 2 amide bonds. The van der Waals surface area contributed by atoms with E-state index in [9.17, 15) is 9.59 Å². The van der Waals surface area contributed by atoms with Gasteiger partial charge in [-0.2, -0.15) is 5.26 Å².